The van der Waals surface area contributed by atoms with Crippen molar-refractivity contribution in [1.29, 1.82) is 0 Å². The van der Waals surface area contributed by atoms with Gasteiger partial charge < -0.3 is 0 Å². The first kappa shape index (κ1) is 16.2. The lowest BCUT2D eigenvalue weighted by molar-refractivity contribution is -0.333. The SMILES string of the molecule is FC(F)(F)C(CC(F)(F)C(F)(F)F)C(F)(F)F. The van der Waals surface area contributed by atoms with E-state index in [0.29, 0.717) is 0 Å². The Morgan fingerprint density at radius 3 is 1.06 bits per heavy atom. The maximum Gasteiger partial charge on any atom is 0.453 e. The van der Waals surface area contributed by atoms with Crippen molar-refractivity contribution in [2.45, 2.75) is 30.9 Å². The minimum absolute atomic E-state index is 3.41. The summed E-state index contributed by atoms with van der Waals surface area (Å²) in [4.78, 5) is 0. The highest BCUT2D eigenvalue weighted by atomic mass is 19.4. The largest absolute Gasteiger partial charge is 0.453 e. The normalized spacial score (nSPS) is 15.5. The van der Waals surface area contributed by atoms with Gasteiger partial charge in [-0.1, -0.05) is 0 Å². The van der Waals surface area contributed by atoms with Gasteiger partial charge in [-0.05, 0) is 0 Å². The summed E-state index contributed by atoms with van der Waals surface area (Å²) in [5.41, 5.74) is 0. The molecule has 0 unspecified atom stereocenters. The van der Waals surface area contributed by atoms with Crippen LogP contribution in [0.15, 0.2) is 0 Å². The lowest BCUT2D eigenvalue weighted by Crippen LogP contribution is -2.46. The van der Waals surface area contributed by atoms with Gasteiger partial charge in [-0.25, -0.2) is 0 Å². The Bertz CT molecular complexity index is 239. The van der Waals surface area contributed by atoms with Crippen molar-refractivity contribution < 1.29 is 48.3 Å². The van der Waals surface area contributed by atoms with Crippen LogP contribution < -0.4 is 0 Å². The minimum atomic E-state index is -6.47. The Labute approximate surface area is 86.4 Å². The maximum atomic E-state index is 12.1. The lowest BCUT2D eigenvalue weighted by atomic mass is 9.99. The summed E-state index contributed by atoms with van der Waals surface area (Å²) in [5, 5.41) is 0. The van der Waals surface area contributed by atoms with Gasteiger partial charge in [-0.15, -0.1) is 0 Å². The number of alkyl halides is 11. The first-order chi connectivity index (χ1) is 7.09. The molecule has 0 aliphatic carbocycles. The van der Waals surface area contributed by atoms with Gasteiger partial charge in [-0.2, -0.15) is 48.3 Å². The van der Waals surface area contributed by atoms with E-state index in [1.54, 1.807) is 0 Å². The van der Waals surface area contributed by atoms with E-state index in [1.165, 1.54) is 0 Å². The standard InChI is InChI=1S/C6H3F11/c7-3(8,6(15,16)17)1-2(4(9,10)11)5(12,13)14/h2H,1H2. The molecule has 0 fully saturated rings. The monoisotopic (exact) mass is 284 g/mol. The molecule has 0 nitrogen and oxygen atoms in total. The number of hydrogen-bond donors (Lipinski definition) is 0. The fourth-order valence-electron chi connectivity index (χ4n) is 0.789. The van der Waals surface area contributed by atoms with Crippen LogP contribution in [0.1, 0.15) is 6.42 Å². The van der Waals surface area contributed by atoms with E-state index in [9.17, 15) is 48.3 Å². The molecule has 17 heavy (non-hydrogen) atoms. The van der Waals surface area contributed by atoms with Crippen LogP contribution in [-0.4, -0.2) is 24.5 Å². The molecule has 11 heteroatoms. The Balaban J connectivity index is 5.17. The van der Waals surface area contributed by atoms with Crippen molar-refractivity contribution in [1.82, 2.24) is 0 Å². The molecule has 104 valence electrons. The topological polar surface area (TPSA) is 0 Å². The highest BCUT2D eigenvalue weighted by Crippen LogP contribution is 2.49. The van der Waals surface area contributed by atoms with Crippen LogP contribution in [0.25, 0.3) is 0 Å². The molecular weight excluding hydrogens is 281 g/mol. The molecule has 0 N–H and O–H groups in total. The Kier molecular flexibility index (Phi) is 3.97. The molecule has 0 aromatic rings. The minimum Gasteiger partial charge on any atom is -0.196 e. The predicted octanol–water partition coefficient (Wildman–Crippen LogP) is 4.31. The van der Waals surface area contributed by atoms with Crippen molar-refractivity contribution in [3.8, 4) is 0 Å². The van der Waals surface area contributed by atoms with Crippen molar-refractivity contribution in [2.75, 3.05) is 0 Å². The van der Waals surface area contributed by atoms with Gasteiger partial charge in [0.1, 0.15) is 0 Å². The van der Waals surface area contributed by atoms with E-state index >= 15 is 0 Å². The van der Waals surface area contributed by atoms with Gasteiger partial charge in [0.2, 0.25) is 0 Å². The van der Waals surface area contributed by atoms with Gasteiger partial charge in [0.25, 0.3) is 0 Å². The maximum absolute atomic E-state index is 12.1. The number of halogens is 11. The molecule has 0 saturated carbocycles. The average molecular weight is 284 g/mol. The lowest BCUT2D eigenvalue weighted by Gasteiger charge is -2.27. The highest BCUT2D eigenvalue weighted by molar-refractivity contribution is 4.85. The smallest absolute Gasteiger partial charge is 0.196 e. The second-order valence-corrected chi connectivity index (χ2v) is 3.04. The quantitative estimate of drug-likeness (QED) is 0.663. The van der Waals surface area contributed by atoms with Crippen LogP contribution in [0.3, 0.4) is 0 Å². The van der Waals surface area contributed by atoms with Gasteiger partial charge in [0.15, 0.2) is 5.92 Å². The summed E-state index contributed by atoms with van der Waals surface area (Å²) in [5.74, 6) is -10.8. The highest BCUT2D eigenvalue weighted by Gasteiger charge is 2.66. The van der Waals surface area contributed by atoms with Crippen LogP contribution >= 0.6 is 0 Å². The third-order valence-corrected chi connectivity index (χ3v) is 1.67. The molecule has 0 radical (unpaired) electrons. The van der Waals surface area contributed by atoms with E-state index in [-0.39, 0.29) is 0 Å². The van der Waals surface area contributed by atoms with E-state index in [1.807, 2.05) is 0 Å². The first-order valence-electron chi connectivity index (χ1n) is 3.67. The second-order valence-electron chi connectivity index (χ2n) is 3.04. The van der Waals surface area contributed by atoms with Crippen LogP contribution in [0.5, 0.6) is 0 Å². The molecule has 0 aromatic heterocycles. The van der Waals surface area contributed by atoms with E-state index in [0.717, 1.165) is 0 Å². The molecule has 0 bridgehead atoms. The summed E-state index contributed by atoms with van der Waals surface area (Å²) in [7, 11) is 0. The average Bonchev–Trinajstić information content (AvgIpc) is 1.93. The van der Waals surface area contributed by atoms with Crippen LogP contribution in [-0.2, 0) is 0 Å². The molecule has 0 aliphatic rings. The Morgan fingerprint density at radius 2 is 0.882 bits per heavy atom. The third kappa shape index (κ3) is 4.19. The number of rotatable bonds is 2. The summed E-state index contributed by atoms with van der Waals surface area (Å²) in [6.45, 7) is 0. The van der Waals surface area contributed by atoms with E-state index in [2.05, 4.69) is 0 Å². The molecule has 0 rings (SSSR count). The van der Waals surface area contributed by atoms with E-state index < -0.39 is 36.8 Å². The summed E-state index contributed by atoms with van der Waals surface area (Å²) >= 11 is 0. The van der Waals surface area contributed by atoms with Crippen LogP contribution in [0.4, 0.5) is 48.3 Å². The number of hydrogen-bond acceptors (Lipinski definition) is 0. The first-order valence-corrected chi connectivity index (χ1v) is 3.67. The van der Waals surface area contributed by atoms with Gasteiger partial charge in [-0.3, -0.25) is 0 Å². The van der Waals surface area contributed by atoms with Crippen LogP contribution in [0, 0.1) is 5.92 Å². The van der Waals surface area contributed by atoms with E-state index in [4.69, 9.17) is 0 Å². The molecular formula is C6H3F11. The molecule has 0 aliphatic heterocycles. The molecule has 0 spiro atoms. The molecule has 0 atom stereocenters. The van der Waals surface area contributed by atoms with Gasteiger partial charge in [0.05, 0.1) is 0 Å². The fraction of sp³-hybridized carbons (Fsp3) is 1.00. The zero-order chi connectivity index (χ0) is 14.3. The second kappa shape index (κ2) is 4.16. The van der Waals surface area contributed by atoms with Crippen molar-refractivity contribution in [2.24, 2.45) is 5.92 Å². The fourth-order valence-corrected chi connectivity index (χ4v) is 0.789. The summed E-state index contributed by atoms with van der Waals surface area (Å²) < 4.78 is 129. The predicted molar refractivity (Wildman–Crippen MR) is 31.2 cm³/mol. The van der Waals surface area contributed by atoms with Gasteiger partial charge in [0, 0.05) is 6.42 Å². The van der Waals surface area contributed by atoms with Crippen LogP contribution in [0.2, 0.25) is 0 Å². The molecule has 0 saturated heterocycles. The zero-order valence-electron chi connectivity index (χ0n) is 7.44. The van der Waals surface area contributed by atoms with Gasteiger partial charge >= 0.3 is 24.5 Å². The Morgan fingerprint density at radius 1 is 0.588 bits per heavy atom. The Hall–Kier alpha value is -0.770. The third-order valence-electron chi connectivity index (χ3n) is 1.67. The zero-order valence-corrected chi connectivity index (χ0v) is 7.44. The van der Waals surface area contributed by atoms with Crippen molar-refractivity contribution >= 4 is 0 Å². The summed E-state index contributed by atoms with van der Waals surface area (Å²) in [6.07, 6.45) is -22.3. The molecule has 0 aromatic carbocycles. The van der Waals surface area contributed by atoms with Crippen molar-refractivity contribution in [3.05, 3.63) is 0 Å². The molecule has 0 heterocycles. The van der Waals surface area contributed by atoms with Crippen molar-refractivity contribution in [3.63, 3.8) is 0 Å². The molecule has 0 amide bonds. The summed E-state index contributed by atoms with van der Waals surface area (Å²) in [6, 6.07) is 0.